The Morgan fingerprint density at radius 2 is 1.87 bits per heavy atom. The third kappa shape index (κ3) is 4.80. The van der Waals surface area contributed by atoms with Crippen LogP contribution in [0.1, 0.15) is 23.6 Å². The third-order valence-electron chi connectivity index (χ3n) is 5.64. The van der Waals surface area contributed by atoms with E-state index in [9.17, 15) is 9.59 Å². The van der Waals surface area contributed by atoms with Crippen LogP contribution in [-0.2, 0) is 16.1 Å². The summed E-state index contributed by atoms with van der Waals surface area (Å²) in [5.41, 5.74) is 3.53. The van der Waals surface area contributed by atoms with Crippen LogP contribution in [0.15, 0.2) is 57.7 Å². The van der Waals surface area contributed by atoms with E-state index >= 15 is 0 Å². The molecule has 1 atom stereocenters. The normalized spacial score (nSPS) is 15.9. The maximum atomic E-state index is 12.8. The maximum absolute atomic E-state index is 12.8. The summed E-state index contributed by atoms with van der Waals surface area (Å²) in [4.78, 5) is 26.3. The van der Waals surface area contributed by atoms with E-state index < -0.39 is 5.76 Å². The number of aryl methyl sites for hydroxylation is 2. The molecule has 0 bridgehead atoms. The Bertz CT molecular complexity index is 1050. The summed E-state index contributed by atoms with van der Waals surface area (Å²) >= 11 is 0. The number of rotatable bonds is 7. The van der Waals surface area contributed by atoms with Gasteiger partial charge >= 0.3 is 5.76 Å². The van der Waals surface area contributed by atoms with Gasteiger partial charge in [0.1, 0.15) is 25.7 Å². The lowest BCUT2D eigenvalue weighted by atomic mass is 10.0. The minimum atomic E-state index is -0.433. The molecule has 30 heavy (non-hydrogen) atoms. The van der Waals surface area contributed by atoms with Gasteiger partial charge in [0.25, 0.3) is 0 Å². The molecule has 3 aromatic rings. The van der Waals surface area contributed by atoms with Crippen molar-refractivity contribution in [3.8, 4) is 0 Å². The first kappa shape index (κ1) is 20.4. The van der Waals surface area contributed by atoms with Crippen molar-refractivity contribution in [2.24, 2.45) is 0 Å². The lowest BCUT2D eigenvalue weighted by Crippen LogP contribution is -3.14. The third-order valence-corrected chi connectivity index (χ3v) is 5.64. The van der Waals surface area contributed by atoms with Crippen molar-refractivity contribution < 1.29 is 18.8 Å². The zero-order valence-corrected chi connectivity index (χ0v) is 17.2. The van der Waals surface area contributed by atoms with Gasteiger partial charge in [0.15, 0.2) is 5.58 Å². The molecule has 7 heteroatoms. The van der Waals surface area contributed by atoms with Gasteiger partial charge in [-0.25, -0.2) is 4.79 Å². The van der Waals surface area contributed by atoms with Crippen molar-refractivity contribution in [1.29, 1.82) is 0 Å². The molecular formula is C23H28N3O4+. The van der Waals surface area contributed by atoms with E-state index in [0.29, 0.717) is 11.1 Å². The summed E-state index contributed by atoms with van der Waals surface area (Å²) in [7, 11) is 0. The number of aromatic nitrogens is 1. The minimum absolute atomic E-state index is 0.0783. The number of carbonyl (C=O) groups excluding carboxylic acids is 1. The van der Waals surface area contributed by atoms with Crippen LogP contribution in [0.2, 0.25) is 0 Å². The van der Waals surface area contributed by atoms with E-state index in [0.717, 1.165) is 38.4 Å². The fourth-order valence-corrected chi connectivity index (χ4v) is 3.91. The summed E-state index contributed by atoms with van der Waals surface area (Å²) in [5, 5.41) is 3.18. The van der Waals surface area contributed by atoms with E-state index in [1.807, 2.05) is 18.2 Å². The van der Waals surface area contributed by atoms with Gasteiger partial charge in [-0.3, -0.25) is 9.36 Å². The van der Waals surface area contributed by atoms with Crippen LogP contribution in [0.3, 0.4) is 0 Å². The fourth-order valence-electron chi connectivity index (χ4n) is 3.91. The van der Waals surface area contributed by atoms with Gasteiger partial charge in [-0.05, 0) is 24.6 Å². The number of oxazole rings is 1. The van der Waals surface area contributed by atoms with E-state index in [-0.39, 0.29) is 24.9 Å². The lowest BCUT2D eigenvalue weighted by molar-refractivity contribution is -0.909. The number of benzene rings is 2. The number of nitrogens with one attached hydrogen (secondary N) is 2. The number of carbonyl (C=O) groups is 1. The zero-order valence-electron chi connectivity index (χ0n) is 17.2. The van der Waals surface area contributed by atoms with Crippen LogP contribution >= 0.6 is 0 Å². The number of nitrogens with zero attached hydrogens (tertiary/aromatic N) is 1. The number of morpholine rings is 1. The van der Waals surface area contributed by atoms with Gasteiger partial charge in [0.2, 0.25) is 5.91 Å². The van der Waals surface area contributed by atoms with Crippen molar-refractivity contribution in [2.45, 2.75) is 25.9 Å². The number of quaternary nitrogens is 1. The highest BCUT2D eigenvalue weighted by Gasteiger charge is 2.23. The Labute approximate surface area is 175 Å². The minimum Gasteiger partial charge on any atom is -0.408 e. The van der Waals surface area contributed by atoms with Crippen LogP contribution in [0.5, 0.6) is 0 Å². The summed E-state index contributed by atoms with van der Waals surface area (Å²) in [6, 6.07) is 15.5. The first-order valence-electron chi connectivity index (χ1n) is 10.5. The molecule has 2 N–H and O–H groups in total. The molecule has 0 aliphatic carbocycles. The molecule has 7 nitrogen and oxygen atoms in total. The predicted octanol–water partition coefficient (Wildman–Crippen LogP) is 1.07. The smallest absolute Gasteiger partial charge is 0.408 e. The molecule has 1 aliphatic rings. The number of hydrogen-bond acceptors (Lipinski definition) is 4. The Kier molecular flexibility index (Phi) is 6.30. The second-order valence-electron chi connectivity index (χ2n) is 7.83. The second-order valence-corrected chi connectivity index (χ2v) is 7.83. The van der Waals surface area contributed by atoms with Crippen molar-refractivity contribution in [3.05, 3.63) is 70.2 Å². The Balaban J connectivity index is 1.44. The first-order valence-corrected chi connectivity index (χ1v) is 10.5. The van der Waals surface area contributed by atoms with Gasteiger partial charge in [-0.2, -0.15) is 0 Å². The molecule has 2 aromatic carbocycles. The van der Waals surface area contributed by atoms with Gasteiger partial charge in [-0.1, -0.05) is 42.0 Å². The highest BCUT2D eigenvalue weighted by atomic mass is 16.5. The summed E-state index contributed by atoms with van der Waals surface area (Å²) in [6.45, 7) is 6.53. The van der Waals surface area contributed by atoms with Gasteiger partial charge in [0.05, 0.1) is 18.7 Å². The maximum Gasteiger partial charge on any atom is 0.419 e. The van der Waals surface area contributed by atoms with Crippen LogP contribution in [-0.4, -0.2) is 43.3 Å². The molecule has 1 saturated heterocycles. The van der Waals surface area contributed by atoms with Crippen LogP contribution in [0.25, 0.3) is 11.1 Å². The molecule has 2 heterocycles. The standard InChI is InChI=1S/C23H27N3O4/c1-17-6-8-18(9-7-17)19(16-25-12-14-29-15-13-25)24-22(27)10-11-26-20-4-2-3-5-21(20)30-23(26)28/h2-9,19H,10-16H2,1H3,(H,24,27)/p+1/t19-/m1/s1. The summed E-state index contributed by atoms with van der Waals surface area (Å²) in [5.74, 6) is -0.512. The fraction of sp³-hybridized carbons (Fsp3) is 0.391. The van der Waals surface area contributed by atoms with Crippen molar-refractivity contribution in [2.75, 3.05) is 32.8 Å². The SMILES string of the molecule is Cc1ccc([C@@H](C[NH+]2CCOCC2)NC(=O)CCn2c(=O)oc3ccccc32)cc1. The Morgan fingerprint density at radius 3 is 2.63 bits per heavy atom. The molecule has 1 aliphatic heterocycles. The van der Waals surface area contributed by atoms with Crippen LogP contribution < -0.4 is 16.0 Å². The Morgan fingerprint density at radius 1 is 1.13 bits per heavy atom. The molecule has 0 spiro atoms. The number of amides is 1. The van der Waals surface area contributed by atoms with E-state index in [2.05, 4.69) is 36.5 Å². The van der Waals surface area contributed by atoms with Gasteiger partial charge < -0.3 is 19.4 Å². The molecule has 0 radical (unpaired) electrons. The largest absolute Gasteiger partial charge is 0.419 e. The number of para-hydroxylation sites is 2. The molecule has 1 aromatic heterocycles. The predicted molar refractivity (Wildman–Crippen MR) is 114 cm³/mol. The number of hydrogen-bond donors (Lipinski definition) is 2. The topological polar surface area (TPSA) is 77.9 Å². The van der Waals surface area contributed by atoms with E-state index in [4.69, 9.17) is 9.15 Å². The quantitative estimate of drug-likeness (QED) is 0.611. The first-order chi connectivity index (χ1) is 14.6. The van der Waals surface area contributed by atoms with Gasteiger partial charge in [0, 0.05) is 13.0 Å². The van der Waals surface area contributed by atoms with Crippen molar-refractivity contribution >= 4 is 17.0 Å². The summed E-state index contributed by atoms with van der Waals surface area (Å²) < 4.78 is 12.2. The number of ether oxygens (including phenoxy) is 1. The molecule has 1 amide bonds. The second kappa shape index (κ2) is 9.28. The molecule has 4 rings (SSSR count). The summed E-state index contributed by atoms with van der Waals surface area (Å²) in [6.07, 6.45) is 0.213. The molecule has 0 saturated carbocycles. The van der Waals surface area contributed by atoms with E-state index in [1.165, 1.54) is 15.0 Å². The zero-order chi connectivity index (χ0) is 20.9. The molecular weight excluding hydrogens is 382 g/mol. The average Bonchev–Trinajstić information content (AvgIpc) is 3.08. The Hall–Kier alpha value is -2.90. The number of fused-ring (bicyclic) bond motifs is 1. The average molecular weight is 410 g/mol. The van der Waals surface area contributed by atoms with E-state index in [1.54, 1.807) is 6.07 Å². The highest BCUT2D eigenvalue weighted by Crippen LogP contribution is 2.14. The highest BCUT2D eigenvalue weighted by molar-refractivity contribution is 5.77. The van der Waals surface area contributed by atoms with Crippen LogP contribution in [0, 0.1) is 6.92 Å². The molecule has 158 valence electrons. The monoisotopic (exact) mass is 410 g/mol. The van der Waals surface area contributed by atoms with Crippen molar-refractivity contribution in [1.82, 2.24) is 9.88 Å². The van der Waals surface area contributed by atoms with Gasteiger partial charge in [-0.15, -0.1) is 0 Å². The molecule has 0 unspecified atom stereocenters. The van der Waals surface area contributed by atoms with Crippen molar-refractivity contribution in [3.63, 3.8) is 0 Å². The van der Waals surface area contributed by atoms with Crippen LogP contribution in [0.4, 0.5) is 0 Å². The molecule has 1 fully saturated rings. The lowest BCUT2D eigenvalue weighted by Gasteiger charge is -2.28.